The predicted octanol–water partition coefficient (Wildman–Crippen LogP) is 3.21. The first-order valence-electron chi connectivity index (χ1n) is 4.50. The molecule has 0 aliphatic carbocycles. The summed E-state index contributed by atoms with van der Waals surface area (Å²) in [4.78, 5) is 0. The van der Waals surface area contributed by atoms with Crippen LogP contribution >= 0.6 is 15.9 Å². The predicted molar refractivity (Wildman–Crippen MR) is 61.7 cm³/mol. The van der Waals surface area contributed by atoms with Crippen LogP contribution in [0.3, 0.4) is 0 Å². The topological polar surface area (TPSA) is 12.0 Å². The fourth-order valence-corrected chi connectivity index (χ4v) is 1.31. The van der Waals surface area contributed by atoms with E-state index in [4.69, 9.17) is 0 Å². The van der Waals surface area contributed by atoms with Crippen LogP contribution in [0.1, 0.15) is 12.0 Å². The van der Waals surface area contributed by atoms with Crippen molar-refractivity contribution in [2.24, 2.45) is 0 Å². The molecular formula is C11H13BrFN. The van der Waals surface area contributed by atoms with E-state index < -0.39 is 0 Å². The van der Waals surface area contributed by atoms with Crippen molar-refractivity contribution >= 4 is 22.0 Å². The summed E-state index contributed by atoms with van der Waals surface area (Å²) in [5.41, 5.74) is 0.891. The van der Waals surface area contributed by atoms with Crippen molar-refractivity contribution in [3.63, 3.8) is 0 Å². The Morgan fingerprint density at radius 1 is 1.50 bits per heavy atom. The lowest BCUT2D eigenvalue weighted by Crippen LogP contribution is -2.05. The zero-order valence-corrected chi connectivity index (χ0v) is 9.64. The van der Waals surface area contributed by atoms with Gasteiger partial charge in [0.1, 0.15) is 5.82 Å². The van der Waals surface area contributed by atoms with E-state index in [-0.39, 0.29) is 5.82 Å². The fraction of sp³-hybridized carbons (Fsp3) is 0.273. The molecule has 0 saturated heterocycles. The van der Waals surface area contributed by atoms with E-state index in [1.165, 1.54) is 6.07 Å². The summed E-state index contributed by atoms with van der Waals surface area (Å²) in [5.74, 6) is -0.222. The van der Waals surface area contributed by atoms with Gasteiger partial charge in [0.2, 0.25) is 0 Å². The van der Waals surface area contributed by atoms with Crippen LogP contribution in [0.2, 0.25) is 0 Å². The van der Waals surface area contributed by atoms with Gasteiger partial charge in [0, 0.05) is 0 Å². The highest BCUT2D eigenvalue weighted by atomic mass is 79.9. The third kappa shape index (κ3) is 3.60. The van der Waals surface area contributed by atoms with E-state index >= 15 is 0 Å². The van der Waals surface area contributed by atoms with Crippen molar-refractivity contribution in [3.05, 3.63) is 40.1 Å². The van der Waals surface area contributed by atoms with E-state index in [1.54, 1.807) is 6.07 Å². The molecule has 76 valence electrons. The maximum atomic E-state index is 13.1. The van der Waals surface area contributed by atoms with Crippen LogP contribution in [0.5, 0.6) is 0 Å². The van der Waals surface area contributed by atoms with Crippen molar-refractivity contribution in [2.75, 3.05) is 13.6 Å². The highest BCUT2D eigenvalue weighted by Gasteiger charge is 1.97. The summed E-state index contributed by atoms with van der Waals surface area (Å²) >= 11 is 3.11. The molecule has 0 radical (unpaired) electrons. The quantitative estimate of drug-likeness (QED) is 0.818. The van der Waals surface area contributed by atoms with Gasteiger partial charge in [-0.2, -0.15) is 0 Å². The highest BCUT2D eigenvalue weighted by molar-refractivity contribution is 9.10. The van der Waals surface area contributed by atoms with Crippen LogP contribution in [-0.4, -0.2) is 13.6 Å². The molecule has 1 aromatic carbocycles. The van der Waals surface area contributed by atoms with E-state index in [0.29, 0.717) is 4.47 Å². The molecule has 3 heteroatoms. The van der Waals surface area contributed by atoms with Crippen LogP contribution in [0.25, 0.3) is 6.08 Å². The summed E-state index contributed by atoms with van der Waals surface area (Å²) in [6.45, 7) is 0.940. The van der Waals surface area contributed by atoms with E-state index in [9.17, 15) is 4.39 Å². The van der Waals surface area contributed by atoms with Crippen molar-refractivity contribution in [1.82, 2.24) is 5.32 Å². The number of nitrogens with one attached hydrogen (secondary N) is 1. The number of hydrogen-bond acceptors (Lipinski definition) is 1. The third-order valence-corrected chi connectivity index (χ3v) is 2.46. The Morgan fingerprint density at radius 2 is 2.29 bits per heavy atom. The van der Waals surface area contributed by atoms with Crippen molar-refractivity contribution in [2.45, 2.75) is 6.42 Å². The Bertz CT molecular complexity index is 323. The normalized spacial score (nSPS) is 11.1. The monoisotopic (exact) mass is 257 g/mol. The Hall–Kier alpha value is -0.670. The standard InChI is InChI=1S/C11H13BrFN/c1-14-7-3-2-4-9-5-6-10(12)11(13)8-9/h2,4-6,8,14H,3,7H2,1H3. The maximum absolute atomic E-state index is 13.1. The second-order valence-corrected chi connectivity index (χ2v) is 3.82. The lowest BCUT2D eigenvalue weighted by atomic mass is 10.2. The minimum atomic E-state index is -0.222. The van der Waals surface area contributed by atoms with Gasteiger partial charge in [-0.3, -0.25) is 0 Å². The number of benzene rings is 1. The minimum absolute atomic E-state index is 0.222. The number of halogens is 2. The van der Waals surface area contributed by atoms with Crippen molar-refractivity contribution < 1.29 is 4.39 Å². The Kier molecular flexibility index (Phi) is 4.84. The number of rotatable bonds is 4. The molecule has 0 saturated carbocycles. The van der Waals surface area contributed by atoms with Gasteiger partial charge in [0.15, 0.2) is 0 Å². The van der Waals surface area contributed by atoms with Gasteiger partial charge in [0.25, 0.3) is 0 Å². The van der Waals surface area contributed by atoms with Gasteiger partial charge in [-0.25, -0.2) is 4.39 Å². The smallest absolute Gasteiger partial charge is 0.137 e. The number of hydrogen-bond donors (Lipinski definition) is 1. The largest absolute Gasteiger partial charge is 0.319 e. The molecule has 0 aliphatic heterocycles. The van der Waals surface area contributed by atoms with Gasteiger partial charge < -0.3 is 5.32 Å². The molecule has 0 aliphatic rings. The average Bonchev–Trinajstić information content (AvgIpc) is 2.18. The molecule has 1 nitrogen and oxygen atoms in total. The Labute approximate surface area is 92.1 Å². The second-order valence-electron chi connectivity index (χ2n) is 2.97. The highest BCUT2D eigenvalue weighted by Crippen LogP contribution is 2.17. The molecular weight excluding hydrogens is 245 g/mol. The maximum Gasteiger partial charge on any atom is 0.137 e. The van der Waals surface area contributed by atoms with Crippen LogP contribution < -0.4 is 5.32 Å². The van der Waals surface area contributed by atoms with E-state index in [1.807, 2.05) is 25.3 Å². The molecule has 0 fully saturated rings. The zero-order chi connectivity index (χ0) is 10.4. The van der Waals surface area contributed by atoms with Gasteiger partial charge in [0.05, 0.1) is 4.47 Å². The van der Waals surface area contributed by atoms with Crippen LogP contribution in [0.15, 0.2) is 28.7 Å². The molecule has 1 N–H and O–H groups in total. The molecule has 0 spiro atoms. The molecule has 1 aromatic rings. The first-order valence-corrected chi connectivity index (χ1v) is 5.29. The van der Waals surface area contributed by atoms with Gasteiger partial charge in [-0.05, 0) is 53.6 Å². The SMILES string of the molecule is CNCCC=Cc1ccc(Br)c(F)c1. The summed E-state index contributed by atoms with van der Waals surface area (Å²) in [6.07, 6.45) is 4.90. The Balaban J connectivity index is 2.59. The molecule has 14 heavy (non-hydrogen) atoms. The summed E-state index contributed by atoms with van der Waals surface area (Å²) < 4.78 is 13.6. The molecule has 0 bridgehead atoms. The molecule has 0 atom stereocenters. The average molecular weight is 258 g/mol. The lowest BCUT2D eigenvalue weighted by molar-refractivity contribution is 0.621. The molecule has 0 aromatic heterocycles. The Morgan fingerprint density at radius 3 is 2.93 bits per heavy atom. The van der Waals surface area contributed by atoms with Crippen molar-refractivity contribution in [1.29, 1.82) is 0 Å². The summed E-state index contributed by atoms with van der Waals surface area (Å²) in [5, 5.41) is 3.04. The molecule has 0 amide bonds. The lowest BCUT2D eigenvalue weighted by Gasteiger charge is -1.96. The van der Waals surface area contributed by atoms with Crippen LogP contribution in [0.4, 0.5) is 4.39 Å². The minimum Gasteiger partial charge on any atom is -0.319 e. The summed E-state index contributed by atoms with van der Waals surface area (Å²) in [7, 11) is 1.91. The van der Waals surface area contributed by atoms with Gasteiger partial charge >= 0.3 is 0 Å². The molecule has 1 rings (SSSR count). The first kappa shape index (κ1) is 11.4. The van der Waals surface area contributed by atoms with E-state index in [2.05, 4.69) is 21.2 Å². The second kappa shape index (κ2) is 5.94. The van der Waals surface area contributed by atoms with Crippen LogP contribution in [0, 0.1) is 5.82 Å². The van der Waals surface area contributed by atoms with Crippen molar-refractivity contribution in [3.8, 4) is 0 Å². The zero-order valence-electron chi connectivity index (χ0n) is 8.06. The summed E-state index contributed by atoms with van der Waals surface area (Å²) in [6, 6.07) is 5.11. The van der Waals surface area contributed by atoms with Crippen LogP contribution in [-0.2, 0) is 0 Å². The first-order chi connectivity index (χ1) is 6.74. The third-order valence-electron chi connectivity index (χ3n) is 1.81. The molecule has 0 heterocycles. The van der Waals surface area contributed by atoms with Gasteiger partial charge in [-0.1, -0.05) is 18.2 Å². The fourth-order valence-electron chi connectivity index (χ4n) is 1.06. The van der Waals surface area contributed by atoms with E-state index in [0.717, 1.165) is 18.5 Å². The van der Waals surface area contributed by atoms with Gasteiger partial charge in [-0.15, -0.1) is 0 Å². The molecule has 0 unspecified atom stereocenters.